The third-order valence-corrected chi connectivity index (χ3v) is 1.86. The molecular weight excluding hydrogens is 249 g/mol. The number of halogens is 4. The molecule has 3 nitrogen and oxygen atoms in total. The van der Waals surface area contributed by atoms with E-state index in [0.717, 1.165) is 12.1 Å². The zero-order valence-corrected chi connectivity index (χ0v) is 8.47. The fourth-order valence-electron chi connectivity index (χ4n) is 1.02. The number of aromatic hydroxyl groups is 1. The first-order chi connectivity index (χ1) is 7.33. The first-order valence-electron chi connectivity index (χ1n) is 4.01. The Morgan fingerprint density at radius 2 is 2.06 bits per heavy atom. The van der Waals surface area contributed by atoms with Crippen LogP contribution in [0.1, 0.15) is 10.4 Å². The highest BCUT2D eigenvalue weighted by atomic mass is 35.5. The van der Waals surface area contributed by atoms with Gasteiger partial charge in [0.05, 0.1) is 11.4 Å². The molecule has 0 fully saturated rings. The van der Waals surface area contributed by atoms with E-state index in [9.17, 15) is 18.0 Å². The lowest BCUT2D eigenvalue weighted by Gasteiger charge is -2.12. The minimum absolute atomic E-state index is 0.329. The van der Waals surface area contributed by atoms with Crippen LogP contribution in [0.25, 0.3) is 0 Å². The highest BCUT2D eigenvalue weighted by Crippen LogP contribution is 2.30. The van der Waals surface area contributed by atoms with E-state index in [-0.39, 0.29) is 5.56 Å². The van der Waals surface area contributed by atoms with Crippen molar-refractivity contribution in [1.82, 2.24) is 0 Å². The molecule has 0 aliphatic heterocycles. The molecule has 0 aromatic heterocycles. The summed E-state index contributed by atoms with van der Waals surface area (Å²) in [6.07, 6.45) is -4.94. The van der Waals surface area contributed by atoms with Gasteiger partial charge < -0.3 is 9.84 Å². The van der Waals surface area contributed by atoms with Crippen LogP contribution in [0.5, 0.6) is 11.5 Å². The normalized spacial score (nSPS) is 11.2. The summed E-state index contributed by atoms with van der Waals surface area (Å²) in [5.74, 6) is -2.40. The number of rotatable bonds is 3. The predicted molar refractivity (Wildman–Crippen MR) is 49.8 cm³/mol. The van der Waals surface area contributed by atoms with Gasteiger partial charge in [0.15, 0.2) is 5.78 Å². The Balaban J connectivity index is 3.13. The third-order valence-electron chi connectivity index (χ3n) is 1.61. The molecule has 0 aliphatic rings. The van der Waals surface area contributed by atoms with Crippen LogP contribution in [0.4, 0.5) is 13.2 Å². The number of carbonyl (C=O) groups is 1. The molecule has 0 bridgehead atoms. The van der Waals surface area contributed by atoms with Gasteiger partial charge >= 0.3 is 6.36 Å². The van der Waals surface area contributed by atoms with Crippen LogP contribution in [0.2, 0.25) is 0 Å². The summed E-state index contributed by atoms with van der Waals surface area (Å²) in [5, 5.41) is 9.00. The van der Waals surface area contributed by atoms with Crippen LogP contribution in [0.15, 0.2) is 18.2 Å². The van der Waals surface area contributed by atoms with Gasteiger partial charge in [-0.25, -0.2) is 0 Å². The van der Waals surface area contributed by atoms with Crippen LogP contribution in [-0.4, -0.2) is 23.1 Å². The van der Waals surface area contributed by atoms with Crippen LogP contribution in [0, 0.1) is 0 Å². The van der Waals surface area contributed by atoms with Crippen molar-refractivity contribution >= 4 is 17.4 Å². The first kappa shape index (κ1) is 12.6. The monoisotopic (exact) mass is 254 g/mol. The van der Waals surface area contributed by atoms with Crippen LogP contribution >= 0.6 is 11.6 Å². The topological polar surface area (TPSA) is 46.5 Å². The number of hydrogen-bond acceptors (Lipinski definition) is 3. The highest BCUT2D eigenvalue weighted by Gasteiger charge is 2.33. The van der Waals surface area contributed by atoms with E-state index in [1.165, 1.54) is 0 Å². The van der Waals surface area contributed by atoms with Gasteiger partial charge in [0.2, 0.25) is 0 Å². The van der Waals surface area contributed by atoms with E-state index in [4.69, 9.17) is 16.7 Å². The molecule has 0 amide bonds. The molecule has 1 aromatic carbocycles. The maximum atomic E-state index is 12.0. The Labute approximate surface area is 93.4 Å². The molecule has 0 saturated carbocycles. The molecule has 0 radical (unpaired) electrons. The van der Waals surface area contributed by atoms with Gasteiger partial charge in [0.25, 0.3) is 0 Å². The Bertz CT molecular complexity index is 403. The number of phenolic OH excluding ortho intramolecular Hbond substituents is 1. The van der Waals surface area contributed by atoms with E-state index in [1.807, 2.05) is 0 Å². The highest BCUT2D eigenvalue weighted by molar-refractivity contribution is 6.30. The lowest BCUT2D eigenvalue weighted by molar-refractivity contribution is -0.274. The summed E-state index contributed by atoms with van der Waals surface area (Å²) < 4.78 is 39.5. The number of ether oxygens (including phenoxy) is 1. The molecule has 0 aliphatic carbocycles. The van der Waals surface area contributed by atoms with Crippen molar-refractivity contribution in [3.63, 3.8) is 0 Å². The molecule has 16 heavy (non-hydrogen) atoms. The summed E-state index contributed by atoms with van der Waals surface area (Å²) in [4.78, 5) is 11.2. The second kappa shape index (κ2) is 4.61. The van der Waals surface area contributed by atoms with Crippen molar-refractivity contribution in [2.75, 3.05) is 5.88 Å². The Kier molecular flexibility index (Phi) is 3.64. The maximum absolute atomic E-state index is 12.0. The smallest absolute Gasteiger partial charge is 0.508 e. The van der Waals surface area contributed by atoms with Crippen LogP contribution < -0.4 is 4.74 Å². The lowest BCUT2D eigenvalue weighted by atomic mass is 10.1. The standard InChI is InChI=1S/C9H6ClF3O3/c10-4-7(15)6-2-1-5(14)3-8(6)16-9(11,12)13/h1-3,14H,4H2. The number of phenols is 1. The summed E-state index contributed by atoms with van der Waals surface area (Å²) in [7, 11) is 0. The van der Waals surface area contributed by atoms with Gasteiger partial charge in [-0.15, -0.1) is 24.8 Å². The molecule has 1 aromatic rings. The van der Waals surface area contributed by atoms with Gasteiger partial charge in [-0.2, -0.15) is 0 Å². The fourth-order valence-corrected chi connectivity index (χ4v) is 1.17. The van der Waals surface area contributed by atoms with E-state index >= 15 is 0 Å². The average Bonchev–Trinajstić information content (AvgIpc) is 2.14. The second-order valence-electron chi connectivity index (χ2n) is 2.79. The number of ketones is 1. The van der Waals surface area contributed by atoms with Crippen molar-refractivity contribution in [3.8, 4) is 11.5 Å². The lowest BCUT2D eigenvalue weighted by Crippen LogP contribution is -2.19. The van der Waals surface area contributed by atoms with E-state index in [2.05, 4.69) is 4.74 Å². The molecule has 1 N–H and O–H groups in total. The number of alkyl halides is 4. The molecule has 88 valence electrons. The summed E-state index contributed by atoms with van der Waals surface area (Å²) in [5.41, 5.74) is -0.329. The predicted octanol–water partition coefficient (Wildman–Crippen LogP) is 2.71. The van der Waals surface area contributed by atoms with Gasteiger partial charge in [-0.1, -0.05) is 0 Å². The van der Waals surface area contributed by atoms with Gasteiger partial charge in [-0.05, 0) is 12.1 Å². The van der Waals surface area contributed by atoms with Crippen molar-refractivity contribution in [2.45, 2.75) is 6.36 Å². The van der Waals surface area contributed by atoms with Crippen molar-refractivity contribution in [3.05, 3.63) is 23.8 Å². The minimum atomic E-state index is -4.94. The molecular formula is C9H6ClF3O3. The zero-order chi connectivity index (χ0) is 12.3. The molecule has 1 rings (SSSR count). The fraction of sp³-hybridized carbons (Fsp3) is 0.222. The molecule has 0 saturated heterocycles. The molecule has 7 heteroatoms. The van der Waals surface area contributed by atoms with E-state index < -0.39 is 29.5 Å². The average molecular weight is 255 g/mol. The van der Waals surface area contributed by atoms with E-state index in [1.54, 1.807) is 0 Å². The minimum Gasteiger partial charge on any atom is -0.508 e. The van der Waals surface area contributed by atoms with Crippen molar-refractivity contribution in [2.24, 2.45) is 0 Å². The molecule has 0 spiro atoms. The van der Waals surface area contributed by atoms with Gasteiger partial charge in [-0.3, -0.25) is 4.79 Å². The summed E-state index contributed by atoms with van der Waals surface area (Å²) in [6.45, 7) is 0. The van der Waals surface area contributed by atoms with E-state index in [0.29, 0.717) is 6.07 Å². The largest absolute Gasteiger partial charge is 0.573 e. The number of carbonyl (C=O) groups excluding carboxylic acids is 1. The quantitative estimate of drug-likeness (QED) is 0.666. The van der Waals surface area contributed by atoms with Crippen LogP contribution in [-0.2, 0) is 0 Å². The van der Waals surface area contributed by atoms with Crippen LogP contribution in [0.3, 0.4) is 0 Å². The number of benzene rings is 1. The first-order valence-corrected chi connectivity index (χ1v) is 4.55. The second-order valence-corrected chi connectivity index (χ2v) is 3.05. The number of Topliss-reactive ketones (excluding diaryl/α,β-unsaturated/α-hetero) is 1. The Morgan fingerprint density at radius 1 is 1.44 bits per heavy atom. The molecule has 0 heterocycles. The zero-order valence-electron chi connectivity index (χ0n) is 7.71. The molecule has 0 atom stereocenters. The molecule has 0 unspecified atom stereocenters. The Hall–Kier alpha value is -1.43. The SMILES string of the molecule is O=C(CCl)c1ccc(O)cc1OC(F)(F)F. The van der Waals surface area contributed by atoms with Gasteiger partial charge in [0.1, 0.15) is 11.5 Å². The third kappa shape index (κ3) is 3.30. The maximum Gasteiger partial charge on any atom is 0.573 e. The summed E-state index contributed by atoms with van der Waals surface area (Å²) in [6, 6.07) is 2.79. The van der Waals surface area contributed by atoms with Crippen molar-refractivity contribution < 1.29 is 27.8 Å². The number of hydrogen-bond donors (Lipinski definition) is 1. The van der Waals surface area contributed by atoms with Crippen molar-refractivity contribution in [1.29, 1.82) is 0 Å². The Morgan fingerprint density at radius 3 is 2.56 bits per heavy atom. The summed E-state index contributed by atoms with van der Waals surface area (Å²) >= 11 is 5.22. The van der Waals surface area contributed by atoms with Gasteiger partial charge in [0, 0.05) is 6.07 Å².